The lowest BCUT2D eigenvalue weighted by Gasteiger charge is -2.03. The maximum Gasteiger partial charge on any atom is 0.269 e. The van der Waals surface area contributed by atoms with Crippen molar-refractivity contribution in [1.29, 1.82) is 0 Å². The molecule has 0 heterocycles. The molecule has 124 valence electrons. The molecule has 0 aliphatic heterocycles. The number of rotatable bonds is 9. The molecule has 1 aromatic carbocycles. The molecule has 9 heteroatoms. The summed E-state index contributed by atoms with van der Waals surface area (Å²) in [4.78, 5) is 32.9. The van der Waals surface area contributed by atoms with Gasteiger partial charge in [-0.05, 0) is 24.1 Å². The Kier molecular flexibility index (Phi) is 7.94. The summed E-state index contributed by atoms with van der Waals surface area (Å²) in [6.45, 7) is 0.970. The van der Waals surface area contributed by atoms with Crippen molar-refractivity contribution in [2.24, 2.45) is 5.10 Å². The predicted molar refractivity (Wildman–Crippen MR) is 83.0 cm³/mol. The predicted octanol–water partition coefficient (Wildman–Crippen LogP) is 0.588. The average molecular weight is 322 g/mol. The van der Waals surface area contributed by atoms with Crippen molar-refractivity contribution in [1.82, 2.24) is 10.7 Å². The van der Waals surface area contributed by atoms with Crippen LogP contribution in [0, 0.1) is 10.1 Å². The van der Waals surface area contributed by atoms with E-state index in [9.17, 15) is 19.7 Å². The number of nitrogens with one attached hydrogen (secondary N) is 2. The number of nitro benzene ring substituents is 1. The van der Waals surface area contributed by atoms with Crippen LogP contribution in [0.25, 0.3) is 0 Å². The van der Waals surface area contributed by atoms with Crippen LogP contribution in [-0.4, -0.2) is 43.2 Å². The standard InChI is InChI=1S/C14H18N4O5/c1-23-8-2-7-15-13(19)9-14(20)17-16-10-11-3-5-12(6-4-11)18(21)22/h3-6,10H,2,7-9H2,1H3,(H,15,19)(H,17,20)/b16-10-. The monoisotopic (exact) mass is 322 g/mol. The minimum Gasteiger partial charge on any atom is -0.385 e. The van der Waals surface area contributed by atoms with Crippen LogP contribution in [0.5, 0.6) is 0 Å². The van der Waals surface area contributed by atoms with Gasteiger partial charge in [0, 0.05) is 32.4 Å². The zero-order valence-electron chi connectivity index (χ0n) is 12.7. The van der Waals surface area contributed by atoms with Crippen LogP contribution in [0.15, 0.2) is 29.4 Å². The smallest absolute Gasteiger partial charge is 0.269 e. The Balaban J connectivity index is 2.31. The van der Waals surface area contributed by atoms with Crippen LogP contribution in [0.3, 0.4) is 0 Å². The molecule has 0 aromatic heterocycles. The van der Waals surface area contributed by atoms with Gasteiger partial charge < -0.3 is 10.1 Å². The molecule has 0 bridgehead atoms. The van der Waals surface area contributed by atoms with Crippen LogP contribution in [0.1, 0.15) is 18.4 Å². The third-order valence-electron chi connectivity index (χ3n) is 2.68. The Bertz CT molecular complexity index is 571. The van der Waals surface area contributed by atoms with Crippen molar-refractivity contribution in [3.8, 4) is 0 Å². The lowest BCUT2D eigenvalue weighted by Crippen LogP contribution is -2.30. The molecule has 0 atom stereocenters. The normalized spacial score (nSPS) is 10.5. The van der Waals surface area contributed by atoms with Crippen LogP contribution >= 0.6 is 0 Å². The second kappa shape index (κ2) is 10.0. The summed E-state index contributed by atoms with van der Waals surface area (Å²) >= 11 is 0. The van der Waals surface area contributed by atoms with Crippen molar-refractivity contribution in [3.05, 3.63) is 39.9 Å². The average Bonchev–Trinajstić information content (AvgIpc) is 2.52. The first-order valence-electron chi connectivity index (χ1n) is 6.85. The summed E-state index contributed by atoms with van der Waals surface area (Å²) < 4.78 is 4.83. The molecular weight excluding hydrogens is 304 g/mol. The summed E-state index contributed by atoms with van der Waals surface area (Å²) in [7, 11) is 1.57. The van der Waals surface area contributed by atoms with Gasteiger partial charge in [-0.1, -0.05) is 0 Å². The molecule has 0 radical (unpaired) electrons. The molecule has 0 fully saturated rings. The number of carbonyl (C=O) groups excluding carboxylic acids is 2. The van der Waals surface area contributed by atoms with E-state index >= 15 is 0 Å². The third-order valence-corrected chi connectivity index (χ3v) is 2.68. The molecular formula is C14H18N4O5. The number of methoxy groups -OCH3 is 1. The molecule has 1 rings (SSSR count). The number of benzene rings is 1. The van der Waals surface area contributed by atoms with Gasteiger partial charge in [0.15, 0.2) is 0 Å². The van der Waals surface area contributed by atoms with E-state index in [0.717, 1.165) is 0 Å². The molecule has 0 saturated heterocycles. The fourth-order valence-corrected chi connectivity index (χ4v) is 1.55. The summed E-state index contributed by atoms with van der Waals surface area (Å²) in [5.41, 5.74) is 2.76. The lowest BCUT2D eigenvalue weighted by molar-refractivity contribution is -0.384. The van der Waals surface area contributed by atoms with Gasteiger partial charge in [-0.3, -0.25) is 19.7 Å². The maximum absolute atomic E-state index is 11.5. The molecule has 0 aliphatic carbocycles. The van der Waals surface area contributed by atoms with E-state index in [4.69, 9.17) is 4.74 Å². The van der Waals surface area contributed by atoms with Crippen molar-refractivity contribution in [3.63, 3.8) is 0 Å². The highest BCUT2D eigenvalue weighted by Gasteiger charge is 2.07. The maximum atomic E-state index is 11.5. The number of nitro groups is 1. The molecule has 2 N–H and O–H groups in total. The largest absolute Gasteiger partial charge is 0.385 e. The zero-order valence-corrected chi connectivity index (χ0v) is 12.7. The van der Waals surface area contributed by atoms with E-state index < -0.39 is 16.7 Å². The molecule has 2 amide bonds. The van der Waals surface area contributed by atoms with Gasteiger partial charge in [0.25, 0.3) is 5.69 Å². The third kappa shape index (κ3) is 7.67. The Morgan fingerprint density at radius 1 is 1.30 bits per heavy atom. The Labute approximate surface area is 132 Å². The SMILES string of the molecule is COCCCNC(=O)CC(=O)N/N=C\c1ccc([N+](=O)[O-])cc1. The lowest BCUT2D eigenvalue weighted by atomic mass is 10.2. The van der Waals surface area contributed by atoms with Crippen molar-refractivity contribution in [2.45, 2.75) is 12.8 Å². The van der Waals surface area contributed by atoms with Gasteiger partial charge >= 0.3 is 0 Å². The Morgan fingerprint density at radius 3 is 2.61 bits per heavy atom. The van der Waals surface area contributed by atoms with E-state index in [1.807, 2.05) is 0 Å². The molecule has 9 nitrogen and oxygen atoms in total. The number of hydrogen-bond acceptors (Lipinski definition) is 6. The van der Waals surface area contributed by atoms with E-state index in [0.29, 0.717) is 25.1 Å². The Morgan fingerprint density at radius 2 is 2.00 bits per heavy atom. The Hall–Kier alpha value is -2.81. The van der Waals surface area contributed by atoms with Crippen LogP contribution in [-0.2, 0) is 14.3 Å². The number of carbonyl (C=O) groups is 2. The van der Waals surface area contributed by atoms with Gasteiger partial charge in [0.1, 0.15) is 6.42 Å². The molecule has 0 aliphatic rings. The molecule has 23 heavy (non-hydrogen) atoms. The second-order valence-electron chi connectivity index (χ2n) is 4.51. The van der Waals surface area contributed by atoms with Crippen LogP contribution in [0.2, 0.25) is 0 Å². The first-order valence-corrected chi connectivity index (χ1v) is 6.85. The van der Waals surface area contributed by atoms with E-state index in [-0.39, 0.29) is 12.1 Å². The first kappa shape index (κ1) is 18.2. The molecule has 1 aromatic rings. The molecule has 0 spiro atoms. The molecule has 0 unspecified atom stereocenters. The second-order valence-corrected chi connectivity index (χ2v) is 4.51. The van der Waals surface area contributed by atoms with Crippen molar-refractivity contribution < 1.29 is 19.2 Å². The minimum absolute atomic E-state index is 0.0312. The summed E-state index contributed by atoms with van der Waals surface area (Å²) in [5, 5.41) is 16.8. The van der Waals surface area contributed by atoms with Gasteiger partial charge in [0.05, 0.1) is 11.1 Å². The summed E-state index contributed by atoms with van der Waals surface area (Å²) in [6.07, 6.45) is 1.67. The highest BCUT2D eigenvalue weighted by atomic mass is 16.6. The van der Waals surface area contributed by atoms with E-state index in [2.05, 4.69) is 15.8 Å². The van der Waals surface area contributed by atoms with Gasteiger partial charge in [-0.15, -0.1) is 0 Å². The first-order chi connectivity index (χ1) is 11.0. The van der Waals surface area contributed by atoms with Gasteiger partial charge in [-0.25, -0.2) is 5.43 Å². The number of hydrogen-bond donors (Lipinski definition) is 2. The van der Waals surface area contributed by atoms with Crippen molar-refractivity contribution >= 4 is 23.7 Å². The fourth-order valence-electron chi connectivity index (χ4n) is 1.55. The van der Waals surface area contributed by atoms with Crippen LogP contribution in [0.4, 0.5) is 5.69 Å². The quantitative estimate of drug-likeness (QED) is 0.226. The van der Waals surface area contributed by atoms with Crippen LogP contribution < -0.4 is 10.7 Å². The number of hydrazone groups is 1. The topological polar surface area (TPSA) is 123 Å². The highest BCUT2D eigenvalue weighted by molar-refractivity contribution is 5.97. The van der Waals surface area contributed by atoms with Crippen molar-refractivity contribution in [2.75, 3.05) is 20.3 Å². The number of nitrogens with zero attached hydrogens (tertiary/aromatic N) is 2. The van der Waals surface area contributed by atoms with Gasteiger partial charge in [0.2, 0.25) is 11.8 Å². The molecule has 0 saturated carbocycles. The van der Waals surface area contributed by atoms with E-state index in [1.54, 1.807) is 7.11 Å². The summed E-state index contributed by atoms with van der Waals surface area (Å²) in [6, 6.07) is 5.65. The summed E-state index contributed by atoms with van der Waals surface area (Å²) in [5.74, 6) is -0.948. The van der Waals surface area contributed by atoms with Gasteiger partial charge in [-0.2, -0.15) is 5.10 Å². The fraction of sp³-hybridized carbons (Fsp3) is 0.357. The zero-order chi connectivity index (χ0) is 17.1. The minimum atomic E-state index is -0.549. The highest BCUT2D eigenvalue weighted by Crippen LogP contribution is 2.10. The van der Waals surface area contributed by atoms with E-state index in [1.165, 1.54) is 30.5 Å². The number of ether oxygens (including phenoxy) is 1. The number of non-ortho nitro benzene ring substituents is 1. The number of amides is 2.